The van der Waals surface area contributed by atoms with E-state index in [1.165, 1.54) is 24.0 Å². The topological polar surface area (TPSA) is 75.0 Å². The lowest BCUT2D eigenvalue weighted by Gasteiger charge is -2.19. The van der Waals surface area contributed by atoms with Crippen molar-refractivity contribution < 1.29 is 22.7 Å². The van der Waals surface area contributed by atoms with Crippen LogP contribution < -0.4 is 15.1 Å². The predicted octanol–water partition coefficient (Wildman–Crippen LogP) is 4.72. The number of methoxy groups -OCH3 is 1. The van der Waals surface area contributed by atoms with E-state index in [9.17, 15) is 14.0 Å². The van der Waals surface area contributed by atoms with Gasteiger partial charge in [-0.05, 0) is 36.4 Å². The van der Waals surface area contributed by atoms with Gasteiger partial charge in [0.1, 0.15) is 18.0 Å². The first kappa shape index (κ1) is 29.1. The monoisotopic (exact) mass is 521 g/mol. The largest absolute Gasteiger partial charge is 0.497 e. The van der Waals surface area contributed by atoms with Crippen molar-refractivity contribution in [2.75, 3.05) is 51.9 Å². The highest BCUT2D eigenvalue weighted by molar-refractivity contribution is 8.00. The molecule has 1 amide bonds. The van der Waals surface area contributed by atoms with E-state index in [1.54, 1.807) is 56.4 Å². The Balaban J connectivity index is 0.000000830. The molecule has 0 saturated heterocycles. The normalized spacial score (nSPS) is 10.7. The number of alkyl halides is 1. The summed E-state index contributed by atoms with van der Waals surface area (Å²) in [6.45, 7) is 2.02. The van der Waals surface area contributed by atoms with Crippen LogP contribution >= 0.6 is 11.9 Å². The lowest BCUT2D eigenvalue weighted by atomic mass is 9.97. The van der Waals surface area contributed by atoms with E-state index in [0.717, 1.165) is 17.5 Å². The molecule has 2 aromatic carbocycles. The summed E-state index contributed by atoms with van der Waals surface area (Å²) in [4.78, 5) is 25.6. The second-order valence-electron chi connectivity index (χ2n) is 8.20. The lowest BCUT2D eigenvalue weighted by Crippen LogP contribution is -2.24. The molecule has 0 atom stereocenters. The molecule has 1 heterocycles. The fourth-order valence-corrected chi connectivity index (χ4v) is 3.86. The third-order valence-electron chi connectivity index (χ3n) is 5.20. The van der Waals surface area contributed by atoms with Gasteiger partial charge in [-0.25, -0.2) is 13.6 Å². The van der Waals surface area contributed by atoms with Gasteiger partial charge in [0.15, 0.2) is 5.82 Å². The molecule has 0 bridgehead atoms. The molecule has 3 aromatic rings. The van der Waals surface area contributed by atoms with Crippen molar-refractivity contribution in [1.29, 1.82) is 0 Å². The van der Waals surface area contributed by atoms with Crippen LogP contribution in [0.25, 0.3) is 11.0 Å². The van der Waals surface area contributed by atoms with Gasteiger partial charge in [0.25, 0.3) is 0 Å². The number of nitrogens with one attached hydrogen (secondary N) is 1. The van der Waals surface area contributed by atoms with Crippen molar-refractivity contribution in [2.24, 2.45) is 0 Å². The van der Waals surface area contributed by atoms with Gasteiger partial charge < -0.3 is 18.8 Å². The Morgan fingerprint density at radius 2 is 1.89 bits per heavy atom. The molecular formula is C26H33F2N3O4S. The number of benzene rings is 2. The smallest absolute Gasteiger partial charge is 0.340 e. The molecule has 0 aliphatic rings. The number of hydrogen-bond donors (Lipinski definition) is 1. The van der Waals surface area contributed by atoms with Crippen molar-refractivity contribution in [2.45, 2.75) is 19.9 Å². The van der Waals surface area contributed by atoms with Crippen molar-refractivity contribution in [1.82, 2.24) is 9.80 Å². The number of ether oxygens (including phenoxy) is 1. The van der Waals surface area contributed by atoms with E-state index in [-0.39, 0.29) is 13.0 Å². The van der Waals surface area contributed by atoms with E-state index in [2.05, 4.69) is 4.72 Å². The quantitative estimate of drug-likeness (QED) is 0.222. The van der Waals surface area contributed by atoms with Gasteiger partial charge in [-0.1, -0.05) is 31.0 Å². The maximum Gasteiger partial charge on any atom is 0.340 e. The van der Waals surface area contributed by atoms with E-state index < -0.39 is 18.1 Å². The van der Waals surface area contributed by atoms with E-state index in [1.807, 2.05) is 13.0 Å². The van der Waals surface area contributed by atoms with Gasteiger partial charge in [-0.3, -0.25) is 9.69 Å². The van der Waals surface area contributed by atoms with Crippen LogP contribution in [-0.2, 0) is 17.8 Å². The van der Waals surface area contributed by atoms with Crippen LogP contribution in [0.3, 0.4) is 0 Å². The predicted molar refractivity (Wildman–Crippen MR) is 142 cm³/mol. The lowest BCUT2D eigenvalue weighted by molar-refractivity contribution is -0.115. The second-order valence-corrected chi connectivity index (χ2v) is 9.27. The first-order valence-electron chi connectivity index (χ1n) is 11.4. The number of anilines is 1. The molecule has 0 radical (unpaired) electrons. The molecule has 0 aliphatic carbocycles. The zero-order valence-electron chi connectivity index (χ0n) is 21.3. The Morgan fingerprint density at radius 3 is 2.50 bits per heavy atom. The van der Waals surface area contributed by atoms with Crippen LogP contribution in [0.5, 0.6) is 5.75 Å². The molecular weight excluding hydrogens is 488 g/mol. The number of halogens is 2. The molecule has 3 rings (SSSR count). The van der Waals surface area contributed by atoms with Crippen LogP contribution in [0.15, 0.2) is 45.6 Å². The molecule has 0 fully saturated rings. The highest BCUT2D eigenvalue weighted by atomic mass is 32.2. The molecule has 0 saturated carbocycles. The van der Waals surface area contributed by atoms with Crippen LogP contribution in [-0.4, -0.2) is 63.4 Å². The third-order valence-corrected chi connectivity index (χ3v) is 5.86. The molecule has 36 heavy (non-hydrogen) atoms. The number of rotatable bonds is 11. The number of fused-ring (bicyclic) bond motifs is 1. The molecule has 0 aliphatic heterocycles. The number of carbonyl (C=O) groups is 1. The minimum Gasteiger partial charge on any atom is -0.497 e. The summed E-state index contributed by atoms with van der Waals surface area (Å²) in [7, 11) is 6.69. The fourth-order valence-electron chi connectivity index (χ4n) is 3.40. The van der Waals surface area contributed by atoms with Gasteiger partial charge in [-0.2, -0.15) is 0 Å². The number of amides is 1. The maximum absolute atomic E-state index is 15.1. The van der Waals surface area contributed by atoms with Gasteiger partial charge in [0, 0.05) is 56.4 Å². The van der Waals surface area contributed by atoms with E-state index >= 15 is 4.39 Å². The first-order valence-corrected chi connectivity index (χ1v) is 12.4. The zero-order chi connectivity index (χ0) is 26.7. The highest BCUT2D eigenvalue weighted by Crippen LogP contribution is 2.28. The minimum atomic E-state index is -0.537. The molecule has 7 nitrogen and oxygen atoms in total. The minimum absolute atomic E-state index is 0.0707. The average molecular weight is 522 g/mol. The van der Waals surface area contributed by atoms with E-state index in [0.29, 0.717) is 40.3 Å². The van der Waals surface area contributed by atoms with E-state index in [4.69, 9.17) is 9.15 Å². The number of carbonyl (C=O) groups excluding carboxylic acids is 1. The average Bonchev–Trinajstić information content (AvgIpc) is 2.86. The summed E-state index contributed by atoms with van der Waals surface area (Å²) in [5.41, 5.74) is 1.66. The molecule has 196 valence electrons. The van der Waals surface area contributed by atoms with Crippen LogP contribution in [0.1, 0.15) is 23.6 Å². The standard InChI is InChI=1S/C23H26F2N2O3S.C3H7NO/c1-4-31-26-20-7-5-6-15(22(20)25)12-18-19(14-27(2)11-10-24)17-9-8-16(29-3)13-21(17)30-23(18)28;1-4(2)3-5/h5-9,13,26H,4,10-12,14H2,1-3H3;3H,1-2H3. The Bertz CT molecular complexity index is 1200. The fraction of sp³-hybridized carbons (Fsp3) is 0.385. The Morgan fingerprint density at radius 1 is 1.17 bits per heavy atom. The molecule has 0 unspecified atom stereocenters. The Labute approximate surface area is 214 Å². The van der Waals surface area contributed by atoms with Crippen LogP contribution in [0.4, 0.5) is 14.5 Å². The van der Waals surface area contributed by atoms with Crippen molar-refractivity contribution in [3.63, 3.8) is 0 Å². The zero-order valence-corrected chi connectivity index (χ0v) is 22.1. The SMILES string of the molecule is CCSNc1cccc(Cc2c(CN(C)CCF)c3ccc(OC)cc3oc2=O)c1F.CN(C)C=O. The van der Waals surface area contributed by atoms with Gasteiger partial charge in [-0.15, -0.1) is 0 Å². The summed E-state index contributed by atoms with van der Waals surface area (Å²) < 4.78 is 41.7. The molecule has 10 heteroatoms. The van der Waals surface area contributed by atoms with Crippen molar-refractivity contribution >= 4 is 35.0 Å². The third kappa shape index (κ3) is 7.96. The van der Waals surface area contributed by atoms with Gasteiger partial charge in [0.2, 0.25) is 6.41 Å². The summed E-state index contributed by atoms with van der Waals surface area (Å²) in [6, 6.07) is 10.3. The summed E-state index contributed by atoms with van der Waals surface area (Å²) in [5, 5.41) is 0.720. The second kappa shape index (κ2) is 14.4. The molecule has 0 spiro atoms. The van der Waals surface area contributed by atoms with Gasteiger partial charge >= 0.3 is 5.63 Å². The molecule has 1 N–H and O–H groups in total. The maximum atomic E-state index is 15.1. The summed E-state index contributed by atoms with van der Waals surface area (Å²) >= 11 is 1.39. The summed E-state index contributed by atoms with van der Waals surface area (Å²) in [5.74, 6) is 0.942. The first-order chi connectivity index (χ1) is 17.2. The highest BCUT2D eigenvalue weighted by Gasteiger charge is 2.19. The summed E-state index contributed by atoms with van der Waals surface area (Å²) in [6.07, 6.45) is 0.821. The number of nitrogens with zero attached hydrogens (tertiary/aromatic N) is 2. The number of hydrogen-bond acceptors (Lipinski definition) is 7. The van der Waals surface area contributed by atoms with Crippen LogP contribution in [0.2, 0.25) is 0 Å². The van der Waals surface area contributed by atoms with Gasteiger partial charge in [0.05, 0.1) is 12.8 Å². The Hall–Kier alpha value is -3.11. The van der Waals surface area contributed by atoms with Crippen molar-refractivity contribution in [3.8, 4) is 5.75 Å². The van der Waals surface area contributed by atoms with Crippen molar-refractivity contribution in [3.05, 3.63) is 69.3 Å². The molecule has 1 aromatic heterocycles. The van der Waals surface area contributed by atoms with Crippen LogP contribution in [0, 0.1) is 5.82 Å². The Kier molecular flexibility index (Phi) is 11.7.